The fraction of sp³-hybridized carbons (Fsp3) is 0.676. The number of phenolic OH excluding ortho intramolecular Hbond substituents is 1. The Labute approximate surface area is 299 Å². The van der Waals surface area contributed by atoms with Crippen molar-refractivity contribution < 1.29 is 54.1 Å². The van der Waals surface area contributed by atoms with Crippen molar-refractivity contribution in [3.63, 3.8) is 0 Å². The fourth-order valence-electron chi connectivity index (χ4n) is 10.2. The number of Topliss-reactive ketones (excluding diaryl/α,β-unsaturated/α-hetero) is 1. The van der Waals surface area contributed by atoms with Gasteiger partial charge in [-0.15, -0.1) is 0 Å². The Kier molecular flexibility index (Phi) is 10.4. The Bertz CT molecular complexity index is 1610. The number of ketones is 1. The Morgan fingerprint density at radius 2 is 1.76 bits per heavy atom. The predicted molar refractivity (Wildman–Crippen MR) is 189 cm³/mol. The third-order valence-corrected chi connectivity index (χ3v) is 14.5. The molecule has 2 spiro atoms. The lowest BCUT2D eigenvalue weighted by atomic mass is 9.55. The van der Waals surface area contributed by atoms with E-state index in [0.717, 1.165) is 31.8 Å². The number of fused-ring (bicyclic) bond motifs is 1. The summed E-state index contributed by atoms with van der Waals surface area (Å²) in [4.78, 5) is 24.5. The van der Waals surface area contributed by atoms with E-state index in [1.807, 2.05) is 0 Å². The van der Waals surface area contributed by atoms with E-state index in [2.05, 4.69) is 0 Å². The van der Waals surface area contributed by atoms with Gasteiger partial charge in [0.25, 0.3) is 0 Å². The normalized spacial score (nSPS) is 35.8. The van der Waals surface area contributed by atoms with Crippen LogP contribution in [0.1, 0.15) is 84.6 Å². The van der Waals surface area contributed by atoms with E-state index in [9.17, 15) is 35.1 Å². The molecule has 0 amide bonds. The second kappa shape index (κ2) is 14.4. The number of aliphatic hydroxyl groups excluding tert-OH is 3. The van der Waals surface area contributed by atoms with E-state index in [-0.39, 0.29) is 34.0 Å². The highest BCUT2D eigenvalue weighted by molar-refractivity contribution is 8.76. The number of hydrogen-bond acceptors (Lipinski definition) is 12. The molecule has 3 saturated heterocycles. The van der Waals surface area contributed by atoms with Gasteiger partial charge in [-0.3, -0.25) is 4.79 Å². The number of aromatic hydroxyl groups is 1. The van der Waals surface area contributed by atoms with E-state index < -0.39 is 48.6 Å². The van der Waals surface area contributed by atoms with Gasteiger partial charge in [-0.25, -0.2) is 4.79 Å². The van der Waals surface area contributed by atoms with Crippen LogP contribution < -0.4 is 4.74 Å². The summed E-state index contributed by atoms with van der Waals surface area (Å²) in [5, 5.41) is 56.0. The van der Waals surface area contributed by atoms with Crippen LogP contribution in [0.2, 0.25) is 0 Å². The minimum absolute atomic E-state index is 0.0556. The molecule has 5 fully saturated rings. The SMILES string of the molecule is CC(=O)c1c(C)cc2cc(C(=O)O)cc(OC3OC(CO)C4(CCC5CC6(CCCC6)CC6COCC(CSSCO4)C56)C(O)C3O)c2c1O. The number of aliphatic hydroxyl groups is 3. The molecule has 13 heteroatoms. The van der Waals surface area contributed by atoms with Gasteiger partial charge in [0.15, 0.2) is 5.78 Å². The predicted octanol–water partition coefficient (Wildman–Crippen LogP) is 5.31. The van der Waals surface area contributed by atoms with Gasteiger partial charge in [-0.2, -0.15) is 0 Å². The van der Waals surface area contributed by atoms with Crippen molar-refractivity contribution in [2.45, 2.75) is 95.4 Å². The van der Waals surface area contributed by atoms with Crippen LogP contribution in [0.5, 0.6) is 11.5 Å². The monoisotopic (exact) mass is 732 g/mol. The summed E-state index contributed by atoms with van der Waals surface area (Å²) in [5.74, 6) is 0.715. The molecule has 0 bridgehead atoms. The van der Waals surface area contributed by atoms with Crippen molar-refractivity contribution in [3.05, 3.63) is 34.9 Å². The molecule has 9 unspecified atom stereocenters. The topological polar surface area (TPSA) is 172 Å². The third kappa shape index (κ3) is 6.44. The van der Waals surface area contributed by atoms with Crippen LogP contribution in [-0.4, -0.2) is 99.0 Å². The number of phenols is 1. The van der Waals surface area contributed by atoms with Crippen molar-refractivity contribution in [2.24, 2.45) is 29.1 Å². The van der Waals surface area contributed by atoms with E-state index >= 15 is 0 Å². The Morgan fingerprint density at radius 3 is 2.48 bits per heavy atom. The van der Waals surface area contributed by atoms with Gasteiger partial charge in [0, 0.05) is 12.4 Å². The number of hydrogen-bond donors (Lipinski definition) is 5. The zero-order valence-electron chi connectivity index (χ0n) is 28.5. The fourth-order valence-corrected chi connectivity index (χ4v) is 12.3. The third-order valence-electron chi connectivity index (χ3n) is 12.3. The molecule has 3 aliphatic heterocycles. The van der Waals surface area contributed by atoms with Crippen LogP contribution in [0, 0.1) is 36.0 Å². The second-order valence-corrected chi connectivity index (χ2v) is 17.7. The minimum atomic E-state index is -1.67. The molecular formula is C37H48O11S2. The molecule has 50 heavy (non-hydrogen) atoms. The van der Waals surface area contributed by atoms with Gasteiger partial charge in [-0.05, 0) is 105 Å². The molecule has 5 aliphatic rings. The molecule has 0 aromatic heterocycles. The maximum absolute atomic E-state index is 12.4. The van der Waals surface area contributed by atoms with Crippen LogP contribution in [0.15, 0.2) is 18.2 Å². The van der Waals surface area contributed by atoms with E-state index in [4.69, 9.17) is 18.9 Å². The number of carboxylic acid groups (broad SMARTS) is 1. The molecule has 7 rings (SSSR count). The Balaban J connectivity index is 1.21. The van der Waals surface area contributed by atoms with E-state index in [1.165, 1.54) is 62.0 Å². The van der Waals surface area contributed by atoms with E-state index in [1.54, 1.807) is 23.8 Å². The average Bonchev–Trinajstić information content (AvgIpc) is 3.51. The number of rotatable bonds is 5. The van der Waals surface area contributed by atoms with Gasteiger partial charge in [0.1, 0.15) is 41.4 Å². The molecule has 0 radical (unpaired) electrons. The molecule has 3 heterocycles. The first kappa shape index (κ1) is 36.3. The molecule has 5 N–H and O–H groups in total. The van der Waals surface area contributed by atoms with Gasteiger partial charge in [0.05, 0.1) is 29.7 Å². The van der Waals surface area contributed by atoms with Gasteiger partial charge >= 0.3 is 5.97 Å². The highest BCUT2D eigenvalue weighted by atomic mass is 33.1. The van der Waals surface area contributed by atoms with Crippen LogP contribution in [0.4, 0.5) is 0 Å². The zero-order valence-corrected chi connectivity index (χ0v) is 30.2. The molecule has 9 atom stereocenters. The van der Waals surface area contributed by atoms with E-state index in [0.29, 0.717) is 46.5 Å². The molecule has 274 valence electrons. The first-order valence-electron chi connectivity index (χ1n) is 17.8. The highest BCUT2D eigenvalue weighted by Crippen LogP contribution is 2.59. The number of ether oxygens (including phenoxy) is 4. The van der Waals surface area contributed by atoms with Crippen molar-refractivity contribution in [1.82, 2.24) is 0 Å². The summed E-state index contributed by atoms with van der Waals surface area (Å²) in [6.45, 7) is 3.95. The number of benzene rings is 2. The highest BCUT2D eigenvalue weighted by Gasteiger charge is 2.59. The summed E-state index contributed by atoms with van der Waals surface area (Å²) in [6.07, 6.45) is 2.50. The van der Waals surface area contributed by atoms with Crippen molar-refractivity contribution >= 4 is 44.1 Å². The second-order valence-electron chi connectivity index (χ2n) is 15.2. The average molecular weight is 733 g/mol. The van der Waals surface area contributed by atoms with Crippen molar-refractivity contribution in [3.8, 4) is 11.5 Å². The van der Waals surface area contributed by atoms with Crippen LogP contribution in [0.25, 0.3) is 10.8 Å². The number of carboxylic acids is 1. The number of aromatic carboxylic acids is 1. The van der Waals surface area contributed by atoms with Crippen LogP contribution in [0.3, 0.4) is 0 Å². The molecule has 2 aliphatic carbocycles. The smallest absolute Gasteiger partial charge is 0.335 e. The first-order valence-corrected chi connectivity index (χ1v) is 20.3. The van der Waals surface area contributed by atoms with Crippen LogP contribution in [-0.2, 0) is 14.2 Å². The number of carbonyl (C=O) groups excluding carboxylic acids is 1. The number of aryl methyl sites for hydroxylation is 1. The van der Waals surface area contributed by atoms with Gasteiger partial charge < -0.3 is 44.5 Å². The van der Waals surface area contributed by atoms with Gasteiger partial charge in [-0.1, -0.05) is 40.5 Å². The van der Waals surface area contributed by atoms with Crippen molar-refractivity contribution in [2.75, 3.05) is 31.5 Å². The summed E-state index contributed by atoms with van der Waals surface area (Å²) in [6, 6.07) is 4.13. The summed E-state index contributed by atoms with van der Waals surface area (Å²) in [5.41, 5.74) is -0.781. The molecule has 2 aromatic rings. The minimum Gasteiger partial charge on any atom is -0.506 e. The lowest BCUT2D eigenvalue weighted by molar-refractivity contribution is -0.323. The Hall–Kier alpha value is -2.10. The molecule has 2 saturated carbocycles. The standard InChI is InChI=1S/C37H48O11S2/c1-19-9-22-10-23(34(43)44)11-26(30(22)31(40)28(19)20(2)39)47-35-32(41)33(42)37(27(14-38)48-35)8-5-21-12-36(6-3-4-7-36)13-24-15-45-16-25(29(21)24)17-49-50-18-46-37/h9-11,21,24-25,27,29,32-33,35,38,40-42H,3-8,12-18H2,1-2H3,(H,43,44). The molecular weight excluding hydrogens is 685 g/mol. The first-order chi connectivity index (χ1) is 24.0. The maximum Gasteiger partial charge on any atom is 0.335 e. The number of carbonyl (C=O) groups is 2. The molecule has 11 nitrogen and oxygen atoms in total. The van der Waals surface area contributed by atoms with Crippen molar-refractivity contribution in [1.29, 1.82) is 0 Å². The Morgan fingerprint density at radius 1 is 1.02 bits per heavy atom. The maximum atomic E-state index is 12.4. The lowest BCUT2D eigenvalue weighted by Gasteiger charge is -2.54. The largest absolute Gasteiger partial charge is 0.506 e. The summed E-state index contributed by atoms with van der Waals surface area (Å²) >= 11 is 0. The lowest BCUT2D eigenvalue weighted by Crippen LogP contribution is -2.69. The summed E-state index contributed by atoms with van der Waals surface area (Å²) < 4.78 is 25.1. The van der Waals surface area contributed by atoms with Gasteiger partial charge in [0.2, 0.25) is 6.29 Å². The van der Waals surface area contributed by atoms with Crippen LogP contribution >= 0.6 is 21.6 Å². The molecule has 2 aromatic carbocycles. The zero-order chi connectivity index (χ0) is 35.4. The quantitative estimate of drug-likeness (QED) is 0.198. The summed E-state index contributed by atoms with van der Waals surface area (Å²) in [7, 11) is 3.25.